The van der Waals surface area contributed by atoms with E-state index >= 15 is 0 Å². The van der Waals surface area contributed by atoms with Gasteiger partial charge in [-0.15, -0.1) is 0 Å². The SMILES string of the molecule is COc1ccccc1NC(=O)CN1C(=O)C(=O)N([C@@H](C)[C@H]2C[C@H]3CC[C@H]2C3)C1=O. The lowest BCUT2D eigenvalue weighted by Gasteiger charge is -2.32. The van der Waals surface area contributed by atoms with E-state index in [1.165, 1.54) is 13.5 Å². The van der Waals surface area contributed by atoms with E-state index in [-0.39, 0.29) is 12.0 Å². The summed E-state index contributed by atoms with van der Waals surface area (Å²) in [6.45, 7) is 1.33. The molecule has 2 saturated carbocycles. The van der Waals surface area contributed by atoms with Gasteiger partial charge in [0.25, 0.3) is 0 Å². The third-order valence-corrected chi connectivity index (χ3v) is 6.59. The molecule has 1 aromatic carbocycles. The van der Waals surface area contributed by atoms with Gasteiger partial charge < -0.3 is 10.1 Å². The van der Waals surface area contributed by atoms with Gasteiger partial charge in [0.15, 0.2) is 0 Å². The molecule has 2 bridgehead atoms. The third-order valence-electron chi connectivity index (χ3n) is 6.59. The van der Waals surface area contributed by atoms with E-state index < -0.39 is 30.3 Å². The molecule has 29 heavy (non-hydrogen) atoms. The van der Waals surface area contributed by atoms with Gasteiger partial charge in [0.2, 0.25) is 5.91 Å². The second-order valence-corrected chi connectivity index (χ2v) is 8.18. The maximum atomic E-state index is 12.8. The monoisotopic (exact) mass is 399 g/mol. The van der Waals surface area contributed by atoms with Crippen molar-refractivity contribution in [3.05, 3.63) is 24.3 Å². The number of benzene rings is 1. The number of carbonyl (C=O) groups is 4. The van der Waals surface area contributed by atoms with Crippen LogP contribution in [0.5, 0.6) is 5.75 Å². The summed E-state index contributed by atoms with van der Waals surface area (Å²) in [5.74, 6) is -0.486. The molecule has 1 saturated heterocycles. The van der Waals surface area contributed by atoms with Crippen LogP contribution in [0.3, 0.4) is 0 Å². The first-order valence-corrected chi connectivity index (χ1v) is 10.0. The molecule has 3 fully saturated rings. The highest BCUT2D eigenvalue weighted by atomic mass is 16.5. The Labute approximate surface area is 169 Å². The van der Waals surface area contributed by atoms with Crippen molar-refractivity contribution in [3.63, 3.8) is 0 Å². The van der Waals surface area contributed by atoms with E-state index in [1.807, 2.05) is 6.92 Å². The minimum atomic E-state index is -0.944. The summed E-state index contributed by atoms with van der Waals surface area (Å²) in [6, 6.07) is 5.78. The average molecular weight is 399 g/mol. The molecule has 2 aliphatic carbocycles. The molecule has 5 amide bonds. The number of methoxy groups -OCH3 is 1. The predicted octanol–water partition coefficient (Wildman–Crippen LogP) is 2.25. The predicted molar refractivity (Wildman–Crippen MR) is 104 cm³/mol. The fourth-order valence-electron chi connectivity index (χ4n) is 5.18. The number of nitrogens with one attached hydrogen (secondary N) is 1. The van der Waals surface area contributed by atoms with Crippen molar-refractivity contribution < 1.29 is 23.9 Å². The lowest BCUT2D eigenvalue weighted by molar-refractivity contribution is -0.144. The molecule has 154 valence electrons. The number of imide groups is 2. The van der Waals surface area contributed by atoms with Crippen LogP contribution in [0, 0.1) is 17.8 Å². The van der Waals surface area contributed by atoms with E-state index in [9.17, 15) is 19.2 Å². The van der Waals surface area contributed by atoms with Crippen LogP contribution in [-0.2, 0) is 14.4 Å². The van der Waals surface area contributed by atoms with E-state index in [4.69, 9.17) is 4.74 Å². The fraction of sp³-hybridized carbons (Fsp3) is 0.524. The lowest BCUT2D eigenvalue weighted by atomic mass is 9.83. The maximum Gasteiger partial charge on any atom is 0.334 e. The van der Waals surface area contributed by atoms with Crippen LogP contribution in [0.25, 0.3) is 0 Å². The van der Waals surface area contributed by atoms with Crippen molar-refractivity contribution in [1.82, 2.24) is 9.80 Å². The van der Waals surface area contributed by atoms with Gasteiger partial charge in [0.05, 0.1) is 12.8 Å². The molecule has 0 radical (unpaired) electrons. The maximum absolute atomic E-state index is 12.8. The van der Waals surface area contributed by atoms with Crippen molar-refractivity contribution in [3.8, 4) is 5.75 Å². The van der Waals surface area contributed by atoms with Gasteiger partial charge in [-0.05, 0) is 56.1 Å². The van der Waals surface area contributed by atoms with Crippen LogP contribution < -0.4 is 10.1 Å². The minimum absolute atomic E-state index is 0.233. The van der Waals surface area contributed by atoms with Crippen molar-refractivity contribution in [1.29, 1.82) is 0 Å². The first kappa shape index (κ1) is 19.4. The highest BCUT2D eigenvalue weighted by Crippen LogP contribution is 2.50. The smallest absolute Gasteiger partial charge is 0.334 e. The molecule has 0 spiro atoms. The molecule has 8 heteroatoms. The van der Waals surface area contributed by atoms with Gasteiger partial charge >= 0.3 is 17.8 Å². The zero-order valence-electron chi connectivity index (χ0n) is 16.6. The number of hydrogen-bond donors (Lipinski definition) is 1. The number of amides is 5. The molecule has 8 nitrogen and oxygen atoms in total. The molecule has 1 aliphatic heterocycles. The molecule has 0 unspecified atom stereocenters. The average Bonchev–Trinajstić information content (AvgIpc) is 3.39. The Bertz CT molecular complexity index is 870. The molecule has 1 aromatic rings. The second-order valence-electron chi connectivity index (χ2n) is 8.18. The Morgan fingerprint density at radius 2 is 1.93 bits per heavy atom. The zero-order valence-corrected chi connectivity index (χ0v) is 16.6. The van der Waals surface area contributed by atoms with Gasteiger partial charge in [-0.3, -0.25) is 19.3 Å². The quantitative estimate of drug-likeness (QED) is 0.585. The first-order valence-electron chi connectivity index (χ1n) is 10.0. The van der Waals surface area contributed by atoms with Gasteiger partial charge in [-0.25, -0.2) is 9.69 Å². The summed E-state index contributed by atoms with van der Waals surface area (Å²) >= 11 is 0. The van der Waals surface area contributed by atoms with Crippen LogP contribution in [0.15, 0.2) is 24.3 Å². The standard InChI is InChI=1S/C21H25N3O5/c1-12(15-10-13-7-8-14(15)9-13)24-20(27)19(26)23(21(24)28)11-18(25)22-16-5-3-4-6-17(16)29-2/h3-6,12-15H,7-11H2,1-2H3,(H,22,25)/t12-,13-,14-,15+/m0/s1. The lowest BCUT2D eigenvalue weighted by Crippen LogP contribution is -2.45. The highest BCUT2D eigenvalue weighted by molar-refractivity contribution is 6.45. The molecule has 1 N–H and O–H groups in total. The van der Waals surface area contributed by atoms with Gasteiger partial charge in [0.1, 0.15) is 12.3 Å². The van der Waals surface area contributed by atoms with Gasteiger partial charge in [-0.2, -0.15) is 0 Å². The van der Waals surface area contributed by atoms with E-state index in [0.717, 1.165) is 29.1 Å². The van der Waals surface area contributed by atoms with Crippen LogP contribution in [0.4, 0.5) is 10.5 Å². The Hall–Kier alpha value is -2.90. The number of urea groups is 1. The number of anilines is 1. The molecule has 0 aromatic heterocycles. The van der Waals surface area contributed by atoms with E-state index in [2.05, 4.69) is 5.32 Å². The zero-order chi connectivity index (χ0) is 20.7. The van der Waals surface area contributed by atoms with Crippen molar-refractivity contribution in [2.24, 2.45) is 17.8 Å². The van der Waals surface area contributed by atoms with Crippen LogP contribution in [0.1, 0.15) is 32.6 Å². The molecule has 3 aliphatic rings. The van der Waals surface area contributed by atoms with Crippen LogP contribution in [-0.4, -0.2) is 53.2 Å². The number of fused-ring (bicyclic) bond motifs is 2. The number of rotatable bonds is 6. The molecule has 4 rings (SSSR count). The number of para-hydroxylation sites is 2. The molecule has 4 atom stereocenters. The summed E-state index contributed by atoms with van der Waals surface area (Å²) in [7, 11) is 1.48. The van der Waals surface area contributed by atoms with Crippen LogP contribution in [0.2, 0.25) is 0 Å². The van der Waals surface area contributed by atoms with Crippen molar-refractivity contribution >= 4 is 29.4 Å². The Balaban J connectivity index is 1.44. The molecular formula is C21H25N3O5. The Morgan fingerprint density at radius 1 is 1.17 bits per heavy atom. The summed E-state index contributed by atoms with van der Waals surface area (Å²) < 4.78 is 5.18. The van der Waals surface area contributed by atoms with Gasteiger partial charge in [-0.1, -0.05) is 18.6 Å². The summed E-state index contributed by atoms with van der Waals surface area (Å²) in [5, 5.41) is 2.63. The topological polar surface area (TPSA) is 96.0 Å². The van der Waals surface area contributed by atoms with Crippen LogP contribution >= 0.6 is 0 Å². The summed E-state index contributed by atoms with van der Waals surface area (Å²) in [4.78, 5) is 52.0. The minimum Gasteiger partial charge on any atom is -0.495 e. The first-order chi connectivity index (χ1) is 13.9. The number of carbonyl (C=O) groups excluding carboxylic acids is 4. The Kier molecular flexibility index (Phi) is 5.02. The van der Waals surface area contributed by atoms with Crippen molar-refractivity contribution in [2.45, 2.75) is 38.6 Å². The summed E-state index contributed by atoms with van der Waals surface area (Å²) in [6.07, 6.45) is 4.47. The van der Waals surface area contributed by atoms with E-state index in [1.54, 1.807) is 24.3 Å². The van der Waals surface area contributed by atoms with E-state index in [0.29, 0.717) is 23.3 Å². The molecule has 1 heterocycles. The summed E-state index contributed by atoms with van der Waals surface area (Å²) in [5.41, 5.74) is 0.428. The fourth-order valence-corrected chi connectivity index (χ4v) is 5.18. The normalized spacial score (nSPS) is 27.0. The number of hydrogen-bond acceptors (Lipinski definition) is 5. The largest absolute Gasteiger partial charge is 0.495 e. The number of ether oxygens (including phenoxy) is 1. The second kappa shape index (κ2) is 7.50. The highest BCUT2D eigenvalue weighted by Gasteiger charge is 2.52. The Morgan fingerprint density at radius 3 is 2.59 bits per heavy atom. The van der Waals surface area contributed by atoms with Gasteiger partial charge in [0, 0.05) is 6.04 Å². The van der Waals surface area contributed by atoms with Crippen molar-refractivity contribution in [2.75, 3.05) is 19.0 Å². The number of nitrogens with zero attached hydrogens (tertiary/aromatic N) is 2. The third kappa shape index (κ3) is 3.36. The molecular weight excluding hydrogens is 374 g/mol.